The zero-order valence-electron chi connectivity index (χ0n) is 15.0. The lowest BCUT2D eigenvalue weighted by Crippen LogP contribution is -2.15. The highest BCUT2D eigenvalue weighted by molar-refractivity contribution is 6.07. The van der Waals surface area contributed by atoms with E-state index in [1.807, 2.05) is 36.4 Å². The van der Waals surface area contributed by atoms with E-state index in [2.05, 4.69) is 15.4 Å². The summed E-state index contributed by atoms with van der Waals surface area (Å²) in [6.45, 7) is -3.08. The second-order valence-corrected chi connectivity index (χ2v) is 5.74. The quantitative estimate of drug-likeness (QED) is 0.581. The molecule has 0 saturated carbocycles. The standard InChI is InChI=1S/C21H18F2N2O3/c1-27-18-12-6-11-17(19(18)28-21(22)23)20(26)25-16-10-5-9-15(13-16)24-14-7-3-2-4-8-14/h2-13,21,24H,1H3,(H,25,26). The zero-order chi connectivity index (χ0) is 19.9. The normalized spacial score (nSPS) is 10.4. The summed E-state index contributed by atoms with van der Waals surface area (Å²) < 4.78 is 35.0. The predicted octanol–water partition coefficient (Wildman–Crippen LogP) is 5.29. The van der Waals surface area contributed by atoms with Crippen molar-refractivity contribution in [3.05, 3.63) is 78.4 Å². The molecular weight excluding hydrogens is 366 g/mol. The fourth-order valence-corrected chi connectivity index (χ4v) is 2.63. The number of hydrogen-bond donors (Lipinski definition) is 2. The van der Waals surface area contributed by atoms with Gasteiger partial charge in [0.25, 0.3) is 5.91 Å². The van der Waals surface area contributed by atoms with Crippen LogP contribution in [0.25, 0.3) is 0 Å². The van der Waals surface area contributed by atoms with Gasteiger partial charge in [0, 0.05) is 17.1 Å². The van der Waals surface area contributed by atoms with Gasteiger partial charge in [-0.1, -0.05) is 30.3 Å². The molecule has 0 aliphatic rings. The van der Waals surface area contributed by atoms with Crippen LogP contribution in [0, 0.1) is 0 Å². The Balaban J connectivity index is 1.81. The minimum Gasteiger partial charge on any atom is -0.493 e. The average Bonchev–Trinajstić information content (AvgIpc) is 2.68. The largest absolute Gasteiger partial charge is 0.493 e. The molecule has 0 heterocycles. The molecule has 0 aliphatic heterocycles. The SMILES string of the molecule is COc1cccc(C(=O)Nc2cccc(Nc3ccccc3)c2)c1OC(F)F. The Morgan fingerprint density at radius 2 is 1.57 bits per heavy atom. The third-order valence-corrected chi connectivity index (χ3v) is 3.83. The van der Waals surface area contributed by atoms with Crippen molar-refractivity contribution in [3.63, 3.8) is 0 Å². The molecule has 0 unspecified atom stereocenters. The Hall–Kier alpha value is -3.61. The number of anilines is 3. The molecule has 28 heavy (non-hydrogen) atoms. The highest BCUT2D eigenvalue weighted by atomic mass is 19.3. The Morgan fingerprint density at radius 1 is 0.893 bits per heavy atom. The van der Waals surface area contributed by atoms with Gasteiger partial charge in [-0.15, -0.1) is 0 Å². The van der Waals surface area contributed by atoms with Crippen molar-refractivity contribution in [2.24, 2.45) is 0 Å². The van der Waals surface area contributed by atoms with Crippen molar-refractivity contribution in [2.75, 3.05) is 17.7 Å². The van der Waals surface area contributed by atoms with E-state index >= 15 is 0 Å². The summed E-state index contributed by atoms with van der Waals surface area (Å²) in [6.07, 6.45) is 0. The first-order chi connectivity index (χ1) is 13.6. The van der Waals surface area contributed by atoms with Crippen molar-refractivity contribution in [3.8, 4) is 11.5 Å². The summed E-state index contributed by atoms with van der Waals surface area (Å²) in [5, 5.41) is 5.91. The fourth-order valence-electron chi connectivity index (χ4n) is 2.63. The van der Waals surface area contributed by atoms with Crippen LogP contribution in [0.15, 0.2) is 72.8 Å². The molecule has 0 fully saturated rings. The molecule has 0 aliphatic carbocycles. The van der Waals surface area contributed by atoms with Crippen molar-refractivity contribution in [1.29, 1.82) is 0 Å². The molecule has 0 atom stereocenters. The maximum Gasteiger partial charge on any atom is 0.387 e. The molecule has 0 bridgehead atoms. The summed E-state index contributed by atoms with van der Waals surface area (Å²) in [4.78, 5) is 12.6. The third-order valence-electron chi connectivity index (χ3n) is 3.83. The lowest BCUT2D eigenvalue weighted by molar-refractivity contribution is -0.0515. The van der Waals surface area contributed by atoms with Gasteiger partial charge in [0.15, 0.2) is 11.5 Å². The van der Waals surface area contributed by atoms with Crippen molar-refractivity contribution in [1.82, 2.24) is 0 Å². The first kappa shape index (κ1) is 19.2. The number of benzene rings is 3. The highest BCUT2D eigenvalue weighted by Gasteiger charge is 2.20. The van der Waals surface area contributed by atoms with Gasteiger partial charge >= 0.3 is 6.61 Å². The molecule has 3 aromatic rings. The van der Waals surface area contributed by atoms with Gasteiger partial charge in [-0.05, 0) is 42.5 Å². The number of alkyl halides is 2. The number of ether oxygens (including phenoxy) is 2. The number of nitrogens with one attached hydrogen (secondary N) is 2. The van der Waals surface area contributed by atoms with Crippen molar-refractivity contribution >= 4 is 23.0 Å². The Bertz CT molecular complexity index is 949. The van der Waals surface area contributed by atoms with Gasteiger partial charge in [0.1, 0.15) is 0 Å². The van der Waals surface area contributed by atoms with E-state index in [1.165, 1.54) is 25.3 Å². The highest BCUT2D eigenvalue weighted by Crippen LogP contribution is 2.33. The fraction of sp³-hybridized carbons (Fsp3) is 0.0952. The number of halogens is 2. The molecule has 2 N–H and O–H groups in total. The molecule has 144 valence electrons. The number of methoxy groups -OCH3 is 1. The van der Waals surface area contributed by atoms with Crippen LogP contribution in [0.4, 0.5) is 25.8 Å². The molecule has 3 aromatic carbocycles. The van der Waals surface area contributed by atoms with E-state index in [9.17, 15) is 13.6 Å². The van der Waals surface area contributed by atoms with E-state index < -0.39 is 12.5 Å². The van der Waals surface area contributed by atoms with Crippen LogP contribution >= 0.6 is 0 Å². The van der Waals surface area contributed by atoms with Gasteiger partial charge < -0.3 is 20.1 Å². The van der Waals surface area contributed by atoms with Crippen LogP contribution in [0.5, 0.6) is 11.5 Å². The average molecular weight is 384 g/mol. The third kappa shape index (κ3) is 4.76. The van der Waals surface area contributed by atoms with Crippen LogP contribution in [-0.2, 0) is 0 Å². The molecular formula is C21H18F2N2O3. The molecule has 7 heteroatoms. The number of amides is 1. The van der Waals surface area contributed by atoms with Crippen LogP contribution in [-0.4, -0.2) is 19.6 Å². The maximum absolute atomic E-state index is 12.7. The lowest BCUT2D eigenvalue weighted by Gasteiger charge is -2.14. The van der Waals surface area contributed by atoms with Crippen LogP contribution in [0.3, 0.4) is 0 Å². The van der Waals surface area contributed by atoms with Gasteiger partial charge in [-0.3, -0.25) is 4.79 Å². The second kappa shape index (κ2) is 8.85. The topological polar surface area (TPSA) is 59.6 Å². The minimum atomic E-state index is -3.08. The molecule has 0 aromatic heterocycles. The van der Waals surface area contributed by atoms with E-state index in [0.29, 0.717) is 5.69 Å². The Kier molecular flexibility index (Phi) is 6.06. The monoisotopic (exact) mass is 384 g/mol. The lowest BCUT2D eigenvalue weighted by atomic mass is 10.1. The Labute approximate surface area is 160 Å². The summed E-state index contributed by atoms with van der Waals surface area (Å²) in [5.41, 5.74) is 2.10. The number of carbonyl (C=O) groups excluding carboxylic acids is 1. The summed E-state index contributed by atoms with van der Waals surface area (Å²) >= 11 is 0. The molecule has 1 amide bonds. The number of para-hydroxylation sites is 2. The van der Waals surface area contributed by atoms with E-state index in [0.717, 1.165) is 11.4 Å². The first-order valence-electron chi connectivity index (χ1n) is 8.42. The zero-order valence-corrected chi connectivity index (χ0v) is 15.0. The smallest absolute Gasteiger partial charge is 0.387 e. The first-order valence-corrected chi connectivity index (χ1v) is 8.42. The summed E-state index contributed by atoms with van der Waals surface area (Å²) in [5.74, 6) is -0.852. The molecule has 0 radical (unpaired) electrons. The number of hydrogen-bond acceptors (Lipinski definition) is 4. The van der Waals surface area contributed by atoms with Crippen LogP contribution < -0.4 is 20.1 Å². The minimum absolute atomic E-state index is 0.0486. The molecule has 3 rings (SSSR count). The summed E-state index contributed by atoms with van der Waals surface area (Å²) in [6, 6.07) is 21.0. The van der Waals surface area contributed by atoms with Gasteiger partial charge in [0.2, 0.25) is 0 Å². The molecule has 0 spiro atoms. The van der Waals surface area contributed by atoms with Crippen molar-refractivity contribution < 1.29 is 23.0 Å². The van der Waals surface area contributed by atoms with Crippen molar-refractivity contribution in [2.45, 2.75) is 6.61 Å². The van der Waals surface area contributed by atoms with E-state index in [-0.39, 0.29) is 17.1 Å². The molecule has 0 saturated heterocycles. The summed E-state index contributed by atoms with van der Waals surface area (Å²) in [7, 11) is 1.31. The van der Waals surface area contributed by atoms with Crippen LogP contribution in [0.2, 0.25) is 0 Å². The maximum atomic E-state index is 12.7. The molecule has 5 nitrogen and oxygen atoms in total. The van der Waals surface area contributed by atoms with Crippen LogP contribution in [0.1, 0.15) is 10.4 Å². The second-order valence-electron chi connectivity index (χ2n) is 5.74. The van der Waals surface area contributed by atoms with E-state index in [4.69, 9.17) is 4.74 Å². The van der Waals surface area contributed by atoms with Gasteiger partial charge in [-0.25, -0.2) is 0 Å². The Morgan fingerprint density at radius 3 is 2.29 bits per heavy atom. The van der Waals surface area contributed by atoms with E-state index in [1.54, 1.807) is 18.2 Å². The van der Waals surface area contributed by atoms with Gasteiger partial charge in [-0.2, -0.15) is 8.78 Å². The number of carbonyl (C=O) groups is 1. The predicted molar refractivity (Wildman–Crippen MR) is 104 cm³/mol. The number of rotatable bonds is 7. The van der Waals surface area contributed by atoms with Gasteiger partial charge in [0.05, 0.1) is 12.7 Å².